The number of anilines is 2. The predicted octanol–water partition coefficient (Wildman–Crippen LogP) is 7.49. The zero-order chi connectivity index (χ0) is 23.2. The summed E-state index contributed by atoms with van der Waals surface area (Å²) in [5.74, 6) is 1.28. The molecule has 3 aromatic carbocycles. The van der Waals surface area contributed by atoms with Crippen LogP contribution in [0.25, 0.3) is 0 Å². The Hall–Kier alpha value is -2.56. The first-order valence-electron chi connectivity index (χ1n) is 11.4. The summed E-state index contributed by atoms with van der Waals surface area (Å²) in [5, 5.41) is 4.82. The quantitative estimate of drug-likeness (QED) is 0.358. The third kappa shape index (κ3) is 5.87. The molecular weight excluding hydrogens is 455 g/mol. The smallest absolute Gasteiger partial charge is 0.163 e. The van der Waals surface area contributed by atoms with Crippen molar-refractivity contribution in [1.82, 2.24) is 0 Å². The number of nitrogens with one attached hydrogen (secondary N) is 1. The molecule has 0 radical (unpaired) electrons. The van der Waals surface area contributed by atoms with Crippen LogP contribution in [0.3, 0.4) is 0 Å². The van der Waals surface area contributed by atoms with Gasteiger partial charge in [0.2, 0.25) is 0 Å². The molecule has 1 aliphatic rings. The van der Waals surface area contributed by atoms with E-state index in [1.165, 1.54) is 24.8 Å². The van der Waals surface area contributed by atoms with E-state index < -0.39 is 0 Å². The van der Waals surface area contributed by atoms with E-state index in [4.69, 9.17) is 32.7 Å². The number of halogens is 2. The van der Waals surface area contributed by atoms with Gasteiger partial charge in [-0.2, -0.15) is 0 Å². The Bertz CT molecular complexity index is 1100. The molecule has 1 fully saturated rings. The lowest BCUT2D eigenvalue weighted by Crippen LogP contribution is -2.29. The van der Waals surface area contributed by atoms with E-state index in [9.17, 15) is 0 Å². The molecule has 174 valence electrons. The molecule has 1 N–H and O–H groups in total. The molecule has 4 rings (SSSR count). The van der Waals surface area contributed by atoms with Gasteiger partial charge in [0.15, 0.2) is 11.5 Å². The van der Waals surface area contributed by atoms with Crippen LogP contribution in [0.4, 0.5) is 11.4 Å². The van der Waals surface area contributed by atoms with Gasteiger partial charge in [0.1, 0.15) is 6.61 Å². The Morgan fingerprint density at radius 1 is 0.879 bits per heavy atom. The molecule has 0 atom stereocenters. The minimum Gasteiger partial charge on any atom is -0.493 e. The van der Waals surface area contributed by atoms with E-state index in [0.29, 0.717) is 29.7 Å². The molecule has 0 saturated carbocycles. The molecule has 6 heteroatoms. The summed E-state index contributed by atoms with van der Waals surface area (Å²) >= 11 is 13.2. The summed E-state index contributed by atoms with van der Waals surface area (Å²) in [6.45, 7) is 5.22. The summed E-state index contributed by atoms with van der Waals surface area (Å²) in [4.78, 5) is 2.37. The predicted molar refractivity (Wildman–Crippen MR) is 138 cm³/mol. The average Bonchev–Trinajstić information content (AvgIpc) is 2.83. The number of hydrogen-bond donors (Lipinski definition) is 1. The lowest BCUT2D eigenvalue weighted by Gasteiger charge is -2.29. The third-order valence-corrected chi connectivity index (χ3v) is 6.76. The molecule has 4 nitrogen and oxygen atoms in total. The van der Waals surface area contributed by atoms with Gasteiger partial charge in [-0.15, -0.1) is 0 Å². The maximum atomic E-state index is 6.60. The highest BCUT2D eigenvalue weighted by molar-refractivity contribution is 6.33. The van der Waals surface area contributed by atoms with Gasteiger partial charge in [-0.05, 0) is 67.1 Å². The number of hydrogen-bond acceptors (Lipinski definition) is 4. The molecule has 0 amide bonds. The zero-order valence-electron chi connectivity index (χ0n) is 19.2. The SMILES string of the molecule is COc1cc(CNc2ccc(N3CCCCC3)c(Cl)c2)c(Cl)cc1OCc1ccccc1C. The van der Waals surface area contributed by atoms with Crippen molar-refractivity contribution in [3.8, 4) is 11.5 Å². The highest BCUT2D eigenvalue weighted by atomic mass is 35.5. The third-order valence-electron chi connectivity index (χ3n) is 6.10. The lowest BCUT2D eigenvalue weighted by molar-refractivity contribution is 0.284. The number of rotatable bonds is 8. The largest absolute Gasteiger partial charge is 0.493 e. The summed E-state index contributed by atoms with van der Waals surface area (Å²) in [5.41, 5.74) is 5.31. The van der Waals surface area contributed by atoms with E-state index in [0.717, 1.165) is 40.6 Å². The maximum Gasteiger partial charge on any atom is 0.163 e. The monoisotopic (exact) mass is 484 g/mol. The molecule has 0 bridgehead atoms. The molecule has 0 spiro atoms. The maximum absolute atomic E-state index is 6.60. The number of ether oxygens (including phenoxy) is 2. The van der Waals surface area contributed by atoms with E-state index in [1.54, 1.807) is 7.11 Å². The van der Waals surface area contributed by atoms with Gasteiger partial charge in [-0.3, -0.25) is 0 Å². The molecule has 1 aliphatic heterocycles. The molecule has 0 aromatic heterocycles. The molecule has 1 saturated heterocycles. The fourth-order valence-electron chi connectivity index (χ4n) is 4.12. The molecule has 33 heavy (non-hydrogen) atoms. The van der Waals surface area contributed by atoms with Gasteiger partial charge in [-0.1, -0.05) is 47.5 Å². The number of aryl methyl sites for hydroxylation is 1. The van der Waals surface area contributed by atoms with Crippen LogP contribution in [0.2, 0.25) is 10.0 Å². The molecule has 0 aliphatic carbocycles. The Labute approximate surface area is 206 Å². The Balaban J connectivity index is 1.43. The van der Waals surface area contributed by atoms with Gasteiger partial charge < -0.3 is 19.7 Å². The second-order valence-electron chi connectivity index (χ2n) is 8.38. The van der Waals surface area contributed by atoms with Gasteiger partial charge in [-0.25, -0.2) is 0 Å². The van der Waals surface area contributed by atoms with Gasteiger partial charge >= 0.3 is 0 Å². The van der Waals surface area contributed by atoms with Gasteiger partial charge in [0, 0.05) is 36.4 Å². The lowest BCUT2D eigenvalue weighted by atomic mass is 10.1. The van der Waals surface area contributed by atoms with Crippen molar-refractivity contribution >= 4 is 34.6 Å². The van der Waals surface area contributed by atoms with Crippen LogP contribution in [0.15, 0.2) is 54.6 Å². The number of nitrogens with zero attached hydrogens (tertiary/aromatic N) is 1. The number of methoxy groups -OCH3 is 1. The van der Waals surface area contributed by atoms with Crippen molar-refractivity contribution in [3.05, 3.63) is 81.3 Å². The van der Waals surface area contributed by atoms with Crippen molar-refractivity contribution in [3.63, 3.8) is 0 Å². The first-order valence-corrected chi connectivity index (χ1v) is 12.1. The van der Waals surface area contributed by atoms with E-state index in [1.807, 2.05) is 30.3 Å². The van der Waals surface area contributed by atoms with Crippen LogP contribution >= 0.6 is 23.2 Å². The fraction of sp³-hybridized carbons (Fsp3) is 0.333. The van der Waals surface area contributed by atoms with E-state index >= 15 is 0 Å². The normalized spacial score (nSPS) is 13.6. The Kier molecular flexibility index (Phi) is 7.89. The molecular formula is C27H30Cl2N2O2. The topological polar surface area (TPSA) is 33.7 Å². The van der Waals surface area contributed by atoms with E-state index in [-0.39, 0.29) is 0 Å². The van der Waals surface area contributed by atoms with Crippen molar-refractivity contribution in [1.29, 1.82) is 0 Å². The summed E-state index contributed by atoms with van der Waals surface area (Å²) in [7, 11) is 1.64. The summed E-state index contributed by atoms with van der Waals surface area (Å²) in [6.07, 6.45) is 3.75. The second-order valence-corrected chi connectivity index (χ2v) is 9.19. The highest BCUT2D eigenvalue weighted by Crippen LogP contribution is 2.35. The van der Waals surface area contributed by atoms with Crippen LogP contribution in [0, 0.1) is 6.92 Å². The van der Waals surface area contributed by atoms with E-state index in [2.05, 4.69) is 41.4 Å². The average molecular weight is 485 g/mol. The van der Waals surface area contributed by atoms with Crippen molar-refractivity contribution < 1.29 is 9.47 Å². The van der Waals surface area contributed by atoms with Crippen LogP contribution < -0.4 is 19.7 Å². The van der Waals surface area contributed by atoms with Crippen LogP contribution in [-0.4, -0.2) is 20.2 Å². The van der Waals surface area contributed by atoms with Crippen LogP contribution in [0.1, 0.15) is 36.0 Å². The Morgan fingerprint density at radius 2 is 1.67 bits per heavy atom. The van der Waals surface area contributed by atoms with Gasteiger partial charge in [0.25, 0.3) is 0 Å². The van der Waals surface area contributed by atoms with Gasteiger partial charge in [0.05, 0.1) is 17.8 Å². The standard InChI is InChI=1S/C27H30Cl2N2O2/c1-19-8-4-5-9-20(19)18-33-27-16-23(28)21(14-26(27)32-2)17-30-22-10-11-25(24(29)15-22)31-12-6-3-7-13-31/h4-5,8-11,14-16,30H,3,6-7,12-13,17-18H2,1-2H3. The summed E-state index contributed by atoms with van der Waals surface area (Å²) in [6, 6.07) is 18.1. The number of piperidine rings is 1. The zero-order valence-corrected chi connectivity index (χ0v) is 20.7. The number of benzene rings is 3. The van der Waals surface area contributed by atoms with Crippen molar-refractivity contribution in [2.45, 2.75) is 39.3 Å². The minimum absolute atomic E-state index is 0.457. The van der Waals surface area contributed by atoms with Crippen molar-refractivity contribution in [2.75, 3.05) is 30.4 Å². The van der Waals surface area contributed by atoms with Crippen molar-refractivity contribution in [2.24, 2.45) is 0 Å². The van der Waals surface area contributed by atoms with Crippen LogP contribution in [0.5, 0.6) is 11.5 Å². The van der Waals surface area contributed by atoms with Crippen LogP contribution in [-0.2, 0) is 13.2 Å². The highest BCUT2D eigenvalue weighted by Gasteiger charge is 2.15. The first-order chi connectivity index (χ1) is 16.0. The minimum atomic E-state index is 0.457. The summed E-state index contributed by atoms with van der Waals surface area (Å²) < 4.78 is 11.6. The fourth-order valence-corrected chi connectivity index (χ4v) is 4.64. The first kappa shape index (κ1) is 23.6. The molecule has 0 unspecified atom stereocenters. The second kappa shape index (κ2) is 11.0. The Morgan fingerprint density at radius 3 is 2.39 bits per heavy atom. The molecule has 1 heterocycles. The molecule has 3 aromatic rings.